The molecule has 1 aliphatic heterocycles. The van der Waals surface area contributed by atoms with Crippen LogP contribution in [0.4, 0.5) is 0 Å². The molecule has 160 valence electrons. The lowest BCUT2D eigenvalue weighted by molar-refractivity contribution is -0.132. The number of benzene rings is 2. The molecular weight excluding hydrogens is 400 g/mol. The lowest BCUT2D eigenvalue weighted by Crippen LogP contribution is -2.42. The Morgan fingerprint density at radius 3 is 2.77 bits per heavy atom. The van der Waals surface area contributed by atoms with Gasteiger partial charge < -0.3 is 4.90 Å². The predicted octanol–water partition coefficient (Wildman–Crippen LogP) is 5.87. The van der Waals surface area contributed by atoms with Crippen LogP contribution in [0.2, 0.25) is 0 Å². The zero-order valence-corrected chi connectivity index (χ0v) is 18.8. The van der Waals surface area contributed by atoms with Gasteiger partial charge in [0.05, 0.1) is 5.52 Å². The Kier molecular flexibility index (Phi) is 5.99. The van der Waals surface area contributed by atoms with Crippen molar-refractivity contribution in [2.24, 2.45) is 5.92 Å². The van der Waals surface area contributed by atoms with E-state index < -0.39 is 0 Å². The summed E-state index contributed by atoms with van der Waals surface area (Å²) in [6.45, 7) is 1.49. The molecule has 1 saturated carbocycles. The molecule has 2 atom stereocenters. The van der Waals surface area contributed by atoms with Gasteiger partial charge in [-0.3, -0.25) is 9.78 Å². The van der Waals surface area contributed by atoms with Gasteiger partial charge in [-0.2, -0.15) is 11.8 Å². The fourth-order valence-electron chi connectivity index (χ4n) is 5.38. The number of fused-ring (bicyclic) bond motifs is 1. The maximum atomic E-state index is 13.4. The Morgan fingerprint density at radius 2 is 1.87 bits per heavy atom. The quantitative estimate of drug-likeness (QED) is 0.519. The van der Waals surface area contributed by atoms with Crippen LogP contribution in [0.3, 0.4) is 0 Å². The molecule has 4 heteroatoms. The lowest BCUT2D eigenvalue weighted by atomic mass is 9.73. The number of pyridine rings is 1. The molecule has 1 saturated heterocycles. The maximum absolute atomic E-state index is 13.4. The molecule has 2 aliphatic rings. The largest absolute Gasteiger partial charge is 0.337 e. The maximum Gasteiger partial charge on any atom is 0.224 e. The van der Waals surface area contributed by atoms with E-state index in [4.69, 9.17) is 0 Å². The van der Waals surface area contributed by atoms with Gasteiger partial charge in [0.25, 0.3) is 0 Å². The molecule has 1 spiro atoms. The van der Waals surface area contributed by atoms with E-state index in [2.05, 4.69) is 64.1 Å². The molecule has 1 amide bonds. The summed E-state index contributed by atoms with van der Waals surface area (Å²) in [5, 5.41) is 1.14. The van der Waals surface area contributed by atoms with Crippen molar-refractivity contribution < 1.29 is 4.79 Å². The van der Waals surface area contributed by atoms with Crippen molar-refractivity contribution >= 4 is 28.6 Å². The Hall–Kier alpha value is -2.33. The Balaban J connectivity index is 1.33. The second-order valence-electron chi connectivity index (χ2n) is 9.07. The Labute approximate surface area is 189 Å². The molecule has 1 aliphatic carbocycles. The van der Waals surface area contributed by atoms with Gasteiger partial charge in [-0.25, -0.2) is 0 Å². The summed E-state index contributed by atoms with van der Waals surface area (Å²) < 4.78 is 0.0988. The highest BCUT2D eigenvalue weighted by molar-refractivity contribution is 8.00. The van der Waals surface area contributed by atoms with E-state index in [-0.39, 0.29) is 4.75 Å². The minimum atomic E-state index is 0.0988. The van der Waals surface area contributed by atoms with Gasteiger partial charge in [0.2, 0.25) is 5.91 Å². The summed E-state index contributed by atoms with van der Waals surface area (Å²) >= 11 is 2.08. The standard InChI is InChI=1S/C27H30N2OS/c30-26-18-27(13-7-6-11-24(27)17-21-8-2-1-3-9-21)31-15-14-29(26)20-22-16-23-10-4-5-12-25(23)28-19-22/h1-5,8-10,12,16,19,24H,6-7,11,13-15,17-18,20H2. The molecule has 3 aromatic rings. The smallest absolute Gasteiger partial charge is 0.224 e. The topological polar surface area (TPSA) is 33.2 Å². The van der Waals surface area contributed by atoms with Gasteiger partial charge in [-0.15, -0.1) is 0 Å². The van der Waals surface area contributed by atoms with Gasteiger partial charge >= 0.3 is 0 Å². The number of hydrogen-bond donors (Lipinski definition) is 0. The first-order valence-corrected chi connectivity index (χ1v) is 12.5. The zero-order valence-electron chi connectivity index (χ0n) is 18.0. The number of nitrogens with zero attached hydrogens (tertiary/aromatic N) is 2. The van der Waals surface area contributed by atoms with Gasteiger partial charge in [-0.1, -0.05) is 61.4 Å². The molecule has 2 heterocycles. The van der Waals surface area contributed by atoms with Crippen LogP contribution in [0.15, 0.2) is 66.9 Å². The fourth-order valence-corrected chi connectivity index (χ4v) is 7.05. The van der Waals surface area contributed by atoms with Crippen molar-refractivity contribution in [2.75, 3.05) is 12.3 Å². The molecular formula is C27H30N2OS. The summed E-state index contributed by atoms with van der Waals surface area (Å²) in [6.07, 6.45) is 8.66. The third-order valence-corrected chi connectivity index (χ3v) is 8.69. The summed E-state index contributed by atoms with van der Waals surface area (Å²) in [6, 6.07) is 21.2. The predicted molar refractivity (Wildman–Crippen MR) is 129 cm³/mol. The SMILES string of the molecule is O=C1CC2(CCCCC2Cc2ccccc2)SCCN1Cc1cnc2ccccc2c1. The molecule has 1 aromatic heterocycles. The normalized spacial score (nSPS) is 24.5. The molecule has 3 nitrogen and oxygen atoms in total. The molecule has 0 N–H and O–H groups in total. The number of amides is 1. The molecule has 0 radical (unpaired) electrons. The highest BCUT2D eigenvalue weighted by Crippen LogP contribution is 2.49. The van der Waals surface area contributed by atoms with E-state index in [1.807, 2.05) is 24.4 Å². The first-order chi connectivity index (χ1) is 15.2. The number of hydrogen-bond acceptors (Lipinski definition) is 3. The number of carbonyl (C=O) groups is 1. The summed E-state index contributed by atoms with van der Waals surface area (Å²) in [4.78, 5) is 20.1. The van der Waals surface area contributed by atoms with E-state index in [9.17, 15) is 4.79 Å². The van der Waals surface area contributed by atoms with E-state index in [0.29, 0.717) is 24.8 Å². The first kappa shape index (κ1) is 20.6. The van der Waals surface area contributed by atoms with E-state index in [1.54, 1.807) is 0 Å². The number of rotatable bonds is 4. The average Bonchev–Trinajstić information content (AvgIpc) is 2.95. The minimum Gasteiger partial charge on any atom is -0.337 e. The average molecular weight is 431 g/mol. The van der Waals surface area contributed by atoms with Crippen molar-refractivity contribution in [1.29, 1.82) is 0 Å². The van der Waals surface area contributed by atoms with Gasteiger partial charge in [0, 0.05) is 41.6 Å². The van der Waals surface area contributed by atoms with Crippen molar-refractivity contribution in [3.63, 3.8) is 0 Å². The molecule has 5 rings (SSSR count). The van der Waals surface area contributed by atoms with E-state index >= 15 is 0 Å². The highest BCUT2D eigenvalue weighted by Gasteiger charge is 2.44. The third-order valence-electron chi connectivity index (χ3n) is 7.05. The van der Waals surface area contributed by atoms with Crippen LogP contribution < -0.4 is 0 Å². The number of thioether (sulfide) groups is 1. The van der Waals surface area contributed by atoms with Crippen molar-refractivity contribution in [3.05, 3.63) is 78.0 Å². The van der Waals surface area contributed by atoms with Gasteiger partial charge in [0.1, 0.15) is 0 Å². The third kappa shape index (κ3) is 4.50. The van der Waals surface area contributed by atoms with Crippen LogP contribution in [0.5, 0.6) is 0 Å². The summed E-state index contributed by atoms with van der Waals surface area (Å²) in [5.41, 5.74) is 3.54. The lowest BCUT2D eigenvalue weighted by Gasteiger charge is -2.43. The van der Waals surface area contributed by atoms with Gasteiger partial charge in [0.15, 0.2) is 0 Å². The van der Waals surface area contributed by atoms with Gasteiger partial charge in [-0.05, 0) is 48.4 Å². The van der Waals surface area contributed by atoms with Crippen LogP contribution in [-0.4, -0.2) is 32.8 Å². The number of aromatic nitrogens is 1. The highest BCUT2D eigenvalue weighted by atomic mass is 32.2. The van der Waals surface area contributed by atoms with E-state index in [0.717, 1.165) is 35.2 Å². The molecule has 0 bridgehead atoms. The van der Waals surface area contributed by atoms with Crippen LogP contribution in [0.1, 0.15) is 43.2 Å². The number of carbonyl (C=O) groups excluding carboxylic acids is 1. The first-order valence-electron chi connectivity index (χ1n) is 11.5. The van der Waals surface area contributed by atoms with Crippen molar-refractivity contribution in [1.82, 2.24) is 9.88 Å². The van der Waals surface area contributed by atoms with Crippen LogP contribution in [0, 0.1) is 5.92 Å². The van der Waals surface area contributed by atoms with Crippen molar-refractivity contribution in [2.45, 2.75) is 49.8 Å². The second-order valence-corrected chi connectivity index (χ2v) is 10.6. The van der Waals surface area contributed by atoms with Crippen molar-refractivity contribution in [3.8, 4) is 0 Å². The Bertz CT molecular complexity index is 1050. The monoisotopic (exact) mass is 430 g/mol. The van der Waals surface area contributed by atoms with Crippen LogP contribution in [-0.2, 0) is 17.8 Å². The molecule has 2 unspecified atom stereocenters. The van der Waals surface area contributed by atoms with Crippen LogP contribution >= 0.6 is 11.8 Å². The number of para-hydroxylation sites is 1. The van der Waals surface area contributed by atoms with E-state index in [1.165, 1.54) is 31.2 Å². The summed E-state index contributed by atoms with van der Waals surface area (Å²) in [7, 11) is 0. The van der Waals surface area contributed by atoms with Crippen LogP contribution in [0.25, 0.3) is 10.9 Å². The summed E-state index contributed by atoms with van der Waals surface area (Å²) in [5.74, 6) is 1.93. The second kappa shape index (κ2) is 9.04. The molecule has 2 fully saturated rings. The fraction of sp³-hybridized carbons (Fsp3) is 0.407. The zero-order chi connectivity index (χ0) is 21.1. The molecule has 2 aromatic carbocycles. The Morgan fingerprint density at radius 1 is 1.03 bits per heavy atom. The molecule has 31 heavy (non-hydrogen) atoms. The minimum absolute atomic E-state index is 0.0988.